The van der Waals surface area contributed by atoms with Gasteiger partial charge in [0.1, 0.15) is 5.82 Å². The Labute approximate surface area is 103 Å². The van der Waals surface area contributed by atoms with E-state index in [0.29, 0.717) is 12.3 Å². The van der Waals surface area contributed by atoms with Crippen molar-refractivity contribution in [2.75, 3.05) is 12.0 Å². The minimum Gasteiger partial charge on any atom is -0.309 e. The molecule has 0 radical (unpaired) electrons. The summed E-state index contributed by atoms with van der Waals surface area (Å²) < 4.78 is 24.1. The molecule has 1 aromatic rings. The lowest BCUT2D eigenvalue weighted by Gasteiger charge is -2.12. The maximum atomic E-state index is 13.1. The summed E-state index contributed by atoms with van der Waals surface area (Å²) >= 11 is 5.58. The Kier molecular flexibility index (Phi) is 5.38. The Morgan fingerprint density at radius 3 is 2.81 bits per heavy atom. The van der Waals surface area contributed by atoms with Gasteiger partial charge in [-0.1, -0.05) is 17.7 Å². The van der Waals surface area contributed by atoms with Crippen molar-refractivity contribution in [3.05, 3.63) is 34.6 Å². The molecule has 5 heteroatoms. The van der Waals surface area contributed by atoms with Crippen molar-refractivity contribution in [2.45, 2.75) is 19.5 Å². The molecule has 2 atom stereocenters. The summed E-state index contributed by atoms with van der Waals surface area (Å²) in [7, 11) is -0.819. The largest absolute Gasteiger partial charge is 0.309 e. The van der Waals surface area contributed by atoms with Crippen LogP contribution in [0.1, 0.15) is 12.5 Å². The zero-order chi connectivity index (χ0) is 12.1. The van der Waals surface area contributed by atoms with E-state index in [-0.39, 0.29) is 11.1 Å². The maximum absolute atomic E-state index is 13.1. The van der Waals surface area contributed by atoms with Crippen LogP contribution in [0.5, 0.6) is 0 Å². The smallest absolute Gasteiger partial charge is 0.142 e. The quantitative estimate of drug-likeness (QED) is 0.884. The number of rotatable bonds is 5. The van der Waals surface area contributed by atoms with Gasteiger partial charge in [0.2, 0.25) is 0 Å². The Bertz CT molecular complexity index is 386. The van der Waals surface area contributed by atoms with Crippen LogP contribution < -0.4 is 5.32 Å². The molecule has 90 valence electrons. The summed E-state index contributed by atoms with van der Waals surface area (Å²) in [5.74, 6) is 0.184. The first-order valence-corrected chi connectivity index (χ1v) is 7.07. The van der Waals surface area contributed by atoms with Gasteiger partial charge in [0.25, 0.3) is 0 Å². The SMILES string of the molecule is CC(CS(C)=O)NCc1ccc(Cl)c(F)c1. The third-order valence-electron chi connectivity index (χ3n) is 2.12. The summed E-state index contributed by atoms with van der Waals surface area (Å²) in [6, 6.07) is 4.86. The Morgan fingerprint density at radius 1 is 1.56 bits per heavy atom. The van der Waals surface area contributed by atoms with Crippen LogP contribution in [-0.2, 0) is 17.3 Å². The molecule has 2 nitrogen and oxygen atoms in total. The number of hydrogen-bond acceptors (Lipinski definition) is 2. The second kappa shape index (κ2) is 6.33. The molecule has 16 heavy (non-hydrogen) atoms. The van der Waals surface area contributed by atoms with Crippen LogP contribution in [0, 0.1) is 5.82 Å². The highest BCUT2D eigenvalue weighted by atomic mass is 35.5. The van der Waals surface area contributed by atoms with Gasteiger partial charge in [0, 0.05) is 35.4 Å². The van der Waals surface area contributed by atoms with Crippen LogP contribution in [0.3, 0.4) is 0 Å². The molecule has 1 N–H and O–H groups in total. The van der Waals surface area contributed by atoms with Gasteiger partial charge in [-0.2, -0.15) is 0 Å². The molecule has 0 aliphatic heterocycles. The number of halogens is 2. The fraction of sp³-hybridized carbons (Fsp3) is 0.455. The minimum atomic E-state index is -0.819. The van der Waals surface area contributed by atoms with E-state index in [0.717, 1.165) is 5.56 Å². The van der Waals surface area contributed by atoms with E-state index < -0.39 is 16.6 Å². The van der Waals surface area contributed by atoms with Crippen molar-refractivity contribution in [3.63, 3.8) is 0 Å². The van der Waals surface area contributed by atoms with Gasteiger partial charge in [0.15, 0.2) is 0 Å². The van der Waals surface area contributed by atoms with Crippen molar-refractivity contribution in [1.82, 2.24) is 5.32 Å². The zero-order valence-electron chi connectivity index (χ0n) is 9.30. The van der Waals surface area contributed by atoms with Crippen LogP contribution in [-0.4, -0.2) is 22.3 Å². The number of benzene rings is 1. The Balaban J connectivity index is 2.48. The molecular weight excluding hydrogens is 249 g/mol. The molecule has 0 spiro atoms. The molecule has 0 bridgehead atoms. The summed E-state index contributed by atoms with van der Waals surface area (Å²) in [6.07, 6.45) is 1.67. The third kappa shape index (κ3) is 4.60. The van der Waals surface area contributed by atoms with Crippen molar-refractivity contribution in [1.29, 1.82) is 0 Å². The van der Waals surface area contributed by atoms with Crippen molar-refractivity contribution < 1.29 is 8.60 Å². The lowest BCUT2D eigenvalue weighted by molar-refractivity contribution is 0.580. The fourth-order valence-corrected chi connectivity index (χ4v) is 2.29. The van der Waals surface area contributed by atoms with Crippen molar-refractivity contribution in [2.24, 2.45) is 0 Å². The average Bonchev–Trinajstić information content (AvgIpc) is 2.19. The van der Waals surface area contributed by atoms with E-state index in [1.165, 1.54) is 12.1 Å². The number of nitrogens with one attached hydrogen (secondary N) is 1. The van der Waals surface area contributed by atoms with Gasteiger partial charge < -0.3 is 5.32 Å². The van der Waals surface area contributed by atoms with Crippen molar-refractivity contribution in [3.8, 4) is 0 Å². The van der Waals surface area contributed by atoms with E-state index in [1.54, 1.807) is 12.3 Å². The van der Waals surface area contributed by atoms with Crippen LogP contribution in [0.15, 0.2) is 18.2 Å². The highest BCUT2D eigenvalue weighted by Crippen LogP contribution is 2.15. The first-order chi connectivity index (χ1) is 7.49. The molecule has 0 aliphatic rings. The predicted molar refractivity (Wildman–Crippen MR) is 66.6 cm³/mol. The highest BCUT2D eigenvalue weighted by molar-refractivity contribution is 7.84. The number of hydrogen-bond donors (Lipinski definition) is 1. The molecule has 1 aromatic carbocycles. The monoisotopic (exact) mass is 263 g/mol. The van der Waals surface area contributed by atoms with Gasteiger partial charge in [0.05, 0.1) is 5.02 Å². The van der Waals surface area contributed by atoms with E-state index in [2.05, 4.69) is 5.32 Å². The predicted octanol–water partition coefficient (Wildman–Crippen LogP) is 2.34. The van der Waals surface area contributed by atoms with Gasteiger partial charge >= 0.3 is 0 Å². The van der Waals surface area contributed by atoms with E-state index in [4.69, 9.17) is 11.6 Å². The van der Waals surface area contributed by atoms with E-state index in [1.807, 2.05) is 6.92 Å². The van der Waals surface area contributed by atoms with Crippen molar-refractivity contribution >= 4 is 22.4 Å². The first kappa shape index (κ1) is 13.6. The van der Waals surface area contributed by atoms with Gasteiger partial charge in [-0.25, -0.2) is 4.39 Å². The van der Waals surface area contributed by atoms with Gasteiger partial charge in [-0.3, -0.25) is 4.21 Å². The molecule has 1 rings (SSSR count). The Morgan fingerprint density at radius 2 is 2.25 bits per heavy atom. The topological polar surface area (TPSA) is 29.1 Å². The van der Waals surface area contributed by atoms with Crippen LogP contribution in [0.25, 0.3) is 0 Å². The van der Waals surface area contributed by atoms with E-state index in [9.17, 15) is 8.60 Å². The fourth-order valence-electron chi connectivity index (χ4n) is 1.35. The lowest BCUT2D eigenvalue weighted by atomic mass is 10.2. The molecule has 2 unspecified atom stereocenters. The van der Waals surface area contributed by atoms with Crippen LogP contribution in [0.2, 0.25) is 5.02 Å². The maximum Gasteiger partial charge on any atom is 0.142 e. The van der Waals surface area contributed by atoms with Crippen LogP contribution >= 0.6 is 11.6 Å². The summed E-state index contributed by atoms with van der Waals surface area (Å²) in [5, 5.41) is 3.31. The molecule has 0 saturated heterocycles. The first-order valence-electron chi connectivity index (χ1n) is 4.96. The molecular formula is C11H15ClFNOS. The van der Waals surface area contributed by atoms with E-state index >= 15 is 0 Å². The summed E-state index contributed by atoms with van der Waals surface area (Å²) in [6.45, 7) is 2.50. The summed E-state index contributed by atoms with van der Waals surface area (Å²) in [4.78, 5) is 0. The normalized spacial score (nSPS) is 14.8. The Hall–Kier alpha value is -0.450. The standard InChI is InChI=1S/C11H15ClFNOS/c1-8(7-16(2)15)14-6-9-3-4-10(12)11(13)5-9/h3-5,8,14H,6-7H2,1-2H3. The molecule has 0 amide bonds. The van der Waals surface area contributed by atoms with Gasteiger partial charge in [-0.05, 0) is 24.6 Å². The summed E-state index contributed by atoms with van der Waals surface area (Å²) in [5.41, 5.74) is 0.829. The second-order valence-corrected chi connectivity index (χ2v) is 5.66. The highest BCUT2D eigenvalue weighted by Gasteiger charge is 2.05. The average molecular weight is 264 g/mol. The zero-order valence-corrected chi connectivity index (χ0v) is 10.9. The van der Waals surface area contributed by atoms with Gasteiger partial charge in [-0.15, -0.1) is 0 Å². The molecule has 0 saturated carbocycles. The lowest BCUT2D eigenvalue weighted by Crippen LogP contribution is -2.30. The second-order valence-electron chi connectivity index (χ2n) is 3.77. The van der Waals surface area contributed by atoms with Crippen LogP contribution in [0.4, 0.5) is 4.39 Å². The molecule has 0 aliphatic carbocycles. The third-order valence-corrected chi connectivity index (χ3v) is 3.40. The molecule has 0 heterocycles. The minimum absolute atomic E-state index is 0.131. The molecule has 0 aromatic heterocycles. The molecule has 0 fully saturated rings.